The second kappa shape index (κ2) is 9.92. The average Bonchev–Trinajstić information content (AvgIpc) is 2.44. The molecular weight excluding hydrogens is 380 g/mol. The molecule has 0 aliphatic rings. The van der Waals surface area contributed by atoms with Crippen LogP contribution < -0.4 is 0 Å². The molecule has 0 atom stereocenters. The number of allylic oxidation sites excluding steroid dienone is 1. The van der Waals surface area contributed by atoms with Gasteiger partial charge < -0.3 is 0 Å². The smallest absolute Gasteiger partial charge is 0.126 e. The summed E-state index contributed by atoms with van der Waals surface area (Å²) in [7, 11) is -3.22. The first-order valence-corrected chi connectivity index (χ1v) is 17.1. The second-order valence-electron chi connectivity index (χ2n) is 12.5. The molecule has 0 aromatic rings. The highest BCUT2D eigenvalue weighted by atomic mass is 28.3. The van der Waals surface area contributed by atoms with E-state index < -0.39 is 16.1 Å². The third-order valence-electron chi connectivity index (χ3n) is 5.58. The molecule has 2 heteroatoms. The van der Waals surface area contributed by atoms with Gasteiger partial charge in [0, 0.05) is 22.0 Å². The molecule has 0 fully saturated rings. The third-order valence-corrected chi connectivity index (χ3v) is 12.7. The monoisotopic (exact) mass is 428 g/mol. The van der Waals surface area contributed by atoms with Crippen LogP contribution in [0, 0.1) is 33.8 Å². The molecule has 0 N–H and O–H groups in total. The maximum absolute atomic E-state index is 3.90. The lowest BCUT2D eigenvalue weighted by molar-refractivity contribution is 0.509. The fraction of sp³-hybridized carbons (Fsp3) is 0.741. The van der Waals surface area contributed by atoms with E-state index in [0.29, 0.717) is 16.6 Å². The lowest BCUT2D eigenvalue weighted by Crippen LogP contribution is -2.43. The van der Waals surface area contributed by atoms with Crippen molar-refractivity contribution in [3.05, 3.63) is 16.9 Å². The van der Waals surface area contributed by atoms with E-state index in [-0.39, 0.29) is 10.8 Å². The Bertz CT molecular complexity index is 721. The SMILES string of the molecule is CC(C)[Si](C#CC(=C=C(C#C[Si](C)(C)C)C(C)(C)C)C(C)(C)C)(C(C)C)C(C)C. The van der Waals surface area contributed by atoms with Crippen molar-refractivity contribution >= 4 is 16.1 Å². The molecule has 0 heterocycles. The van der Waals surface area contributed by atoms with Crippen LogP contribution in [0.3, 0.4) is 0 Å². The van der Waals surface area contributed by atoms with Crippen LogP contribution in [0.25, 0.3) is 0 Å². The van der Waals surface area contributed by atoms with Crippen molar-refractivity contribution in [2.24, 2.45) is 10.8 Å². The molecule has 0 saturated heterocycles. The third kappa shape index (κ3) is 8.38. The first kappa shape index (κ1) is 28.1. The van der Waals surface area contributed by atoms with E-state index in [4.69, 9.17) is 0 Å². The summed E-state index contributed by atoms with van der Waals surface area (Å²) in [5, 5.41) is 0. The van der Waals surface area contributed by atoms with Crippen molar-refractivity contribution < 1.29 is 0 Å². The van der Waals surface area contributed by atoms with Crippen LogP contribution in [0.1, 0.15) is 83.1 Å². The Morgan fingerprint density at radius 1 is 0.586 bits per heavy atom. The minimum Gasteiger partial charge on any atom is -0.126 e. The van der Waals surface area contributed by atoms with Gasteiger partial charge in [0.2, 0.25) is 0 Å². The summed E-state index contributed by atoms with van der Waals surface area (Å²) in [6, 6.07) is 0. The molecule has 0 unspecified atom stereocenters. The lowest BCUT2D eigenvalue weighted by Gasteiger charge is -2.38. The standard InChI is InChI=1S/C27H48Si2/c1-21(2)29(22(3)4,23(5)6)19-17-25(27(10,11)12)20-24(26(7,8)9)16-18-28(13,14)15/h21-23H,1-15H3. The highest BCUT2D eigenvalue weighted by Gasteiger charge is 2.41. The normalized spacial score (nSPS) is 12.9. The van der Waals surface area contributed by atoms with Crippen molar-refractivity contribution in [1.82, 2.24) is 0 Å². The molecule has 164 valence electrons. The summed E-state index contributed by atoms with van der Waals surface area (Å²) in [4.78, 5) is 0. The molecule has 0 nitrogen and oxygen atoms in total. The Morgan fingerprint density at radius 2 is 0.897 bits per heavy atom. The maximum atomic E-state index is 3.90. The Morgan fingerprint density at radius 3 is 1.14 bits per heavy atom. The van der Waals surface area contributed by atoms with Gasteiger partial charge in [-0.2, -0.15) is 0 Å². The summed E-state index contributed by atoms with van der Waals surface area (Å²) < 4.78 is 0. The zero-order valence-corrected chi connectivity index (χ0v) is 24.2. The average molecular weight is 429 g/mol. The molecular formula is C27H48Si2. The fourth-order valence-electron chi connectivity index (χ4n) is 3.79. The van der Waals surface area contributed by atoms with Gasteiger partial charge in [-0.15, -0.1) is 11.1 Å². The Labute approximate surface area is 186 Å². The summed E-state index contributed by atoms with van der Waals surface area (Å²) >= 11 is 0. The molecule has 0 rings (SSSR count). The number of hydrogen-bond donors (Lipinski definition) is 0. The molecule has 0 radical (unpaired) electrons. The highest BCUT2D eigenvalue weighted by molar-refractivity contribution is 6.90. The van der Waals surface area contributed by atoms with Crippen molar-refractivity contribution in [2.75, 3.05) is 0 Å². The first-order valence-electron chi connectivity index (χ1n) is 11.3. The number of hydrogen-bond acceptors (Lipinski definition) is 0. The molecule has 0 aromatic carbocycles. The van der Waals surface area contributed by atoms with E-state index in [2.05, 4.69) is 131 Å². The topological polar surface area (TPSA) is 0 Å². The van der Waals surface area contributed by atoms with Crippen LogP contribution in [0.4, 0.5) is 0 Å². The quantitative estimate of drug-likeness (QED) is 0.240. The van der Waals surface area contributed by atoms with Gasteiger partial charge in [-0.05, 0) is 16.6 Å². The molecule has 0 aliphatic heterocycles. The minimum absolute atomic E-state index is 0.0342. The molecule has 0 amide bonds. The summed E-state index contributed by atoms with van der Waals surface area (Å²) in [6.07, 6.45) is 0. The largest absolute Gasteiger partial charge is 0.146 e. The van der Waals surface area contributed by atoms with Crippen molar-refractivity contribution in [3.63, 3.8) is 0 Å². The maximum Gasteiger partial charge on any atom is 0.146 e. The van der Waals surface area contributed by atoms with Crippen LogP contribution in [-0.2, 0) is 0 Å². The Hall–Kier alpha value is -0.926. The van der Waals surface area contributed by atoms with Gasteiger partial charge in [-0.25, -0.2) is 0 Å². The zero-order chi connectivity index (χ0) is 23.4. The Balaban J connectivity index is 7.07. The van der Waals surface area contributed by atoms with Crippen molar-refractivity contribution in [1.29, 1.82) is 0 Å². The zero-order valence-electron chi connectivity index (χ0n) is 22.2. The van der Waals surface area contributed by atoms with Gasteiger partial charge in [0.15, 0.2) is 0 Å². The molecule has 0 aliphatic carbocycles. The van der Waals surface area contributed by atoms with E-state index in [1.165, 1.54) is 0 Å². The molecule has 0 saturated carbocycles. The summed E-state index contributed by atoms with van der Waals surface area (Å²) in [5.74, 6) is 7.19. The van der Waals surface area contributed by atoms with E-state index >= 15 is 0 Å². The second-order valence-corrected chi connectivity index (χ2v) is 22.9. The van der Waals surface area contributed by atoms with Crippen LogP contribution in [0.2, 0.25) is 36.3 Å². The van der Waals surface area contributed by atoms with E-state index in [1.54, 1.807) is 0 Å². The fourth-order valence-corrected chi connectivity index (χ4v) is 9.50. The molecule has 0 bridgehead atoms. The van der Waals surface area contributed by atoms with Gasteiger partial charge in [0.05, 0.1) is 0 Å². The van der Waals surface area contributed by atoms with Crippen molar-refractivity contribution in [2.45, 2.75) is 119 Å². The van der Waals surface area contributed by atoms with Gasteiger partial charge in [0.25, 0.3) is 0 Å². The van der Waals surface area contributed by atoms with Crippen LogP contribution in [0.5, 0.6) is 0 Å². The summed E-state index contributed by atoms with van der Waals surface area (Å²) in [6.45, 7) is 34.6. The van der Waals surface area contributed by atoms with Crippen molar-refractivity contribution in [3.8, 4) is 22.9 Å². The lowest BCUT2D eigenvalue weighted by atomic mass is 9.83. The molecule has 0 aromatic heterocycles. The molecule has 0 spiro atoms. The molecule has 29 heavy (non-hydrogen) atoms. The van der Waals surface area contributed by atoms with E-state index in [1.807, 2.05) is 0 Å². The van der Waals surface area contributed by atoms with Crippen LogP contribution in [-0.4, -0.2) is 16.1 Å². The van der Waals surface area contributed by atoms with Gasteiger partial charge in [0.1, 0.15) is 16.1 Å². The summed E-state index contributed by atoms with van der Waals surface area (Å²) in [5.41, 5.74) is 15.2. The van der Waals surface area contributed by atoms with Crippen LogP contribution >= 0.6 is 0 Å². The number of rotatable bonds is 3. The van der Waals surface area contributed by atoms with Gasteiger partial charge in [-0.1, -0.05) is 120 Å². The minimum atomic E-state index is -1.77. The first-order chi connectivity index (χ1) is 12.7. The van der Waals surface area contributed by atoms with Gasteiger partial charge in [-0.3, -0.25) is 0 Å². The highest BCUT2D eigenvalue weighted by Crippen LogP contribution is 2.41. The van der Waals surface area contributed by atoms with E-state index in [9.17, 15) is 0 Å². The van der Waals surface area contributed by atoms with Crippen LogP contribution in [0.15, 0.2) is 16.9 Å². The Kier molecular flexibility index (Phi) is 9.60. The van der Waals surface area contributed by atoms with Gasteiger partial charge >= 0.3 is 0 Å². The predicted molar refractivity (Wildman–Crippen MR) is 139 cm³/mol. The predicted octanol–water partition coefficient (Wildman–Crippen LogP) is 8.63. The van der Waals surface area contributed by atoms with E-state index in [0.717, 1.165) is 11.1 Å².